The number of primary sulfonamides is 1. The van der Waals surface area contributed by atoms with E-state index in [4.69, 9.17) is 5.14 Å². The van der Waals surface area contributed by atoms with Crippen LogP contribution in [0.15, 0.2) is 36.9 Å². The molecule has 0 atom stereocenters. The lowest BCUT2D eigenvalue weighted by Gasteiger charge is -2.07. The zero-order chi connectivity index (χ0) is 16.6. The summed E-state index contributed by atoms with van der Waals surface area (Å²) in [6.07, 6.45) is 1.31. The van der Waals surface area contributed by atoms with Gasteiger partial charge in [0.2, 0.25) is 21.8 Å². The topological polar surface area (TPSA) is 118 Å². The normalized spacial score (nSPS) is 10.8. The Morgan fingerprint density at radius 1 is 1.14 bits per heavy atom. The Kier molecular flexibility index (Phi) is 6.74. The third-order valence-electron chi connectivity index (χ3n) is 2.72. The van der Waals surface area contributed by atoms with Crippen molar-refractivity contribution < 1.29 is 18.0 Å². The molecule has 1 aromatic carbocycles. The fourth-order valence-electron chi connectivity index (χ4n) is 1.65. The predicted octanol–water partition coefficient (Wildman–Crippen LogP) is -0.216. The first-order valence-electron chi connectivity index (χ1n) is 6.55. The van der Waals surface area contributed by atoms with Crippen LogP contribution in [0.4, 0.5) is 0 Å². The van der Waals surface area contributed by atoms with Gasteiger partial charge < -0.3 is 10.6 Å². The van der Waals surface area contributed by atoms with Gasteiger partial charge >= 0.3 is 0 Å². The van der Waals surface area contributed by atoms with Gasteiger partial charge in [0.25, 0.3) is 0 Å². The van der Waals surface area contributed by atoms with Crippen molar-refractivity contribution in [1.82, 2.24) is 10.6 Å². The van der Waals surface area contributed by atoms with E-state index in [0.29, 0.717) is 12.1 Å². The van der Waals surface area contributed by atoms with Crippen LogP contribution in [0, 0.1) is 0 Å². The zero-order valence-electron chi connectivity index (χ0n) is 12.0. The van der Waals surface area contributed by atoms with E-state index in [0.717, 1.165) is 11.6 Å². The van der Waals surface area contributed by atoms with Gasteiger partial charge in [0.05, 0.1) is 5.75 Å². The fourth-order valence-corrected chi connectivity index (χ4v) is 2.30. The van der Waals surface area contributed by atoms with Gasteiger partial charge in [-0.2, -0.15) is 0 Å². The Labute approximate surface area is 129 Å². The summed E-state index contributed by atoms with van der Waals surface area (Å²) in [6.45, 7) is 3.87. The van der Waals surface area contributed by atoms with Crippen molar-refractivity contribution in [3.63, 3.8) is 0 Å². The van der Waals surface area contributed by atoms with E-state index >= 15 is 0 Å². The number of benzene rings is 1. The standard InChI is InChI=1S/C14H19N3O4S/c1-2-13(18)16-8-7-14(19)17-9-11-3-5-12(6-4-11)10-22(15,20)21/h2-6H,1,7-10H2,(H,16,18)(H,17,19)(H2,15,20,21). The summed E-state index contributed by atoms with van der Waals surface area (Å²) in [6, 6.07) is 6.74. The van der Waals surface area contributed by atoms with E-state index in [1.165, 1.54) is 0 Å². The molecule has 0 radical (unpaired) electrons. The van der Waals surface area contributed by atoms with Crippen molar-refractivity contribution in [2.75, 3.05) is 6.54 Å². The van der Waals surface area contributed by atoms with Crippen LogP contribution in [0.2, 0.25) is 0 Å². The van der Waals surface area contributed by atoms with E-state index in [2.05, 4.69) is 17.2 Å². The van der Waals surface area contributed by atoms with E-state index in [9.17, 15) is 18.0 Å². The molecule has 22 heavy (non-hydrogen) atoms. The van der Waals surface area contributed by atoms with Crippen molar-refractivity contribution >= 4 is 21.8 Å². The van der Waals surface area contributed by atoms with Crippen LogP contribution in [-0.2, 0) is 31.9 Å². The van der Waals surface area contributed by atoms with Gasteiger partial charge in [-0.3, -0.25) is 9.59 Å². The Hall–Kier alpha value is -2.19. The second-order valence-corrected chi connectivity index (χ2v) is 6.26. The predicted molar refractivity (Wildman–Crippen MR) is 82.9 cm³/mol. The van der Waals surface area contributed by atoms with Crippen molar-refractivity contribution in [3.8, 4) is 0 Å². The maximum Gasteiger partial charge on any atom is 0.243 e. The lowest BCUT2D eigenvalue weighted by molar-refractivity contribution is -0.121. The zero-order valence-corrected chi connectivity index (χ0v) is 12.9. The monoisotopic (exact) mass is 325 g/mol. The Morgan fingerprint density at radius 2 is 1.73 bits per heavy atom. The number of carbonyl (C=O) groups is 2. The minimum absolute atomic E-state index is 0.170. The maximum atomic E-state index is 11.6. The first kappa shape index (κ1) is 17.9. The molecule has 120 valence electrons. The molecule has 0 bridgehead atoms. The summed E-state index contributed by atoms with van der Waals surface area (Å²) in [4.78, 5) is 22.4. The molecule has 0 aromatic heterocycles. The number of hydrogen-bond acceptors (Lipinski definition) is 4. The van der Waals surface area contributed by atoms with Crippen LogP contribution in [0.3, 0.4) is 0 Å². The molecule has 0 saturated heterocycles. The largest absolute Gasteiger partial charge is 0.352 e. The van der Waals surface area contributed by atoms with Crippen molar-refractivity contribution in [2.45, 2.75) is 18.7 Å². The first-order chi connectivity index (χ1) is 10.3. The fraction of sp³-hybridized carbons (Fsp3) is 0.286. The quantitative estimate of drug-likeness (QED) is 0.573. The van der Waals surface area contributed by atoms with Crippen LogP contribution in [0.1, 0.15) is 17.5 Å². The molecule has 7 nitrogen and oxygen atoms in total. The van der Waals surface area contributed by atoms with Crippen LogP contribution in [-0.4, -0.2) is 26.8 Å². The molecule has 0 heterocycles. The van der Waals surface area contributed by atoms with Crippen molar-refractivity contribution in [2.24, 2.45) is 5.14 Å². The van der Waals surface area contributed by atoms with Crippen LogP contribution in [0.25, 0.3) is 0 Å². The molecule has 1 rings (SSSR count). The molecule has 0 aliphatic rings. The van der Waals surface area contributed by atoms with Gasteiger partial charge in [-0.1, -0.05) is 30.8 Å². The first-order valence-corrected chi connectivity index (χ1v) is 8.27. The average molecular weight is 325 g/mol. The molecule has 0 aliphatic carbocycles. The molecule has 0 unspecified atom stereocenters. The summed E-state index contributed by atoms with van der Waals surface area (Å²) >= 11 is 0. The summed E-state index contributed by atoms with van der Waals surface area (Å²) in [5, 5.41) is 10.2. The molecular weight excluding hydrogens is 306 g/mol. The summed E-state index contributed by atoms with van der Waals surface area (Å²) in [5.41, 5.74) is 1.42. The molecule has 2 amide bonds. The van der Waals surface area contributed by atoms with Crippen LogP contribution < -0.4 is 15.8 Å². The highest BCUT2D eigenvalue weighted by Gasteiger charge is 2.05. The number of nitrogens with one attached hydrogen (secondary N) is 2. The second-order valence-electron chi connectivity index (χ2n) is 4.65. The number of carbonyl (C=O) groups excluding carboxylic acids is 2. The molecule has 8 heteroatoms. The molecule has 4 N–H and O–H groups in total. The molecular formula is C14H19N3O4S. The van der Waals surface area contributed by atoms with Gasteiger partial charge in [-0.15, -0.1) is 0 Å². The second kappa shape index (κ2) is 8.30. The van der Waals surface area contributed by atoms with E-state index in [1.54, 1.807) is 24.3 Å². The summed E-state index contributed by atoms with van der Waals surface area (Å²) in [5.74, 6) is -0.737. The van der Waals surface area contributed by atoms with E-state index in [1.807, 2.05) is 0 Å². The van der Waals surface area contributed by atoms with Gasteiger partial charge in [-0.25, -0.2) is 13.6 Å². The SMILES string of the molecule is C=CC(=O)NCCC(=O)NCc1ccc(CS(N)(=O)=O)cc1. The van der Waals surface area contributed by atoms with Crippen molar-refractivity contribution in [3.05, 3.63) is 48.0 Å². The minimum Gasteiger partial charge on any atom is -0.352 e. The highest BCUT2D eigenvalue weighted by molar-refractivity contribution is 7.88. The van der Waals surface area contributed by atoms with E-state index in [-0.39, 0.29) is 30.5 Å². The number of hydrogen-bond donors (Lipinski definition) is 3. The third-order valence-corrected chi connectivity index (χ3v) is 3.45. The van der Waals surface area contributed by atoms with Gasteiger partial charge in [-0.05, 0) is 17.2 Å². The lowest BCUT2D eigenvalue weighted by atomic mass is 10.1. The molecule has 0 fully saturated rings. The number of sulfonamides is 1. The Bertz CT molecular complexity index is 639. The molecule has 0 aliphatic heterocycles. The van der Waals surface area contributed by atoms with Crippen LogP contribution >= 0.6 is 0 Å². The molecule has 0 saturated carbocycles. The highest BCUT2D eigenvalue weighted by Crippen LogP contribution is 2.06. The molecule has 1 aromatic rings. The third kappa shape index (κ3) is 7.55. The number of nitrogens with two attached hydrogens (primary N) is 1. The minimum atomic E-state index is -3.55. The number of amides is 2. The summed E-state index contributed by atoms with van der Waals surface area (Å²) in [7, 11) is -3.55. The van der Waals surface area contributed by atoms with E-state index < -0.39 is 10.0 Å². The van der Waals surface area contributed by atoms with Crippen LogP contribution in [0.5, 0.6) is 0 Å². The average Bonchev–Trinajstić information content (AvgIpc) is 2.44. The number of rotatable bonds is 8. The van der Waals surface area contributed by atoms with Gasteiger partial charge in [0.15, 0.2) is 0 Å². The Balaban J connectivity index is 2.37. The van der Waals surface area contributed by atoms with Gasteiger partial charge in [0.1, 0.15) is 0 Å². The summed E-state index contributed by atoms with van der Waals surface area (Å²) < 4.78 is 21.9. The Morgan fingerprint density at radius 3 is 2.27 bits per heavy atom. The van der Waals surface area contributed by atoms with Crippen molar-refractivity contribution in [1.29, 1.82) is 0 Å². The maximum absolute atomic E-state index is 11.6. The molecule has 0 spiro atoms. The lowest BCUT2D eigenvalue weighted by Crippen LogP contribution is -2.29. The smallest absolute Gasteiger partial charge is 0.243 e. The highest BCUT2D eigenvalue weighted by atomic mass is 32.2. The van der Waals surface area contributed by atoms with Gasteiger partial charge in [0, 0.05) is 19.5 Å².